The van der Waals surface area contributed by atoms with E-state index in [0.29, 0.717) is 0 Å². The van der Waals surface area contributed by atoms with Crippen molar-refractivity contribution >= 4 is 0 Å². The fraction of sp³-hybridized carbons (Fsp3) is 0.583. The number of aromatic nitrogens is 1. The molecule has 0 aliphatic heterocycles. The van der Waals surface area contributed by atoms with Crippen LogP contribution in [0.1, 0.15) is 37.0 Å². The van der Waals surface area contributed by atoms with Crippen LogP contribution in [0.5, 0.6) is 0 Å². The normalized spacial score (nSPS) is 14.9. The molecule has 1 heterocycles. The van der Waals surface area contributed by atoms with Gasteiger partial charge in [-0.25, -0.2) is 0 Å². The van der Waals surface area contributed by atoms with Crippen molar-refractivity contribution in [1.82, 2.24) is 4.98 Å². The molecule has 1 aromatic heterocycles. The molecule has 0 fully saturated rings. The van der Waals surface area contributed by atoms with Gasteiger partial charge < -0.3 is 9.84 Å². The highest BCUT2D eigenvalue weighted by atomic mass is 16.5. The smallest absolute Gasteiger partial charge is 0.107 e. The Morgan fingerprint density at radius 1 is 1.47 bits per heavy atom. The largest absolute Gasteiger partial charge is 0.386 e. The molecule has 1 rings (SSSR count). The van der Waals surface area contributed by atoms with E-state index in [2.05, 4.69) is 11.9 Å². The number of nitrogens with zero attached hydrogens (tertiary/aromatic N) is 1. The van der Waals surface area contributed by atoms with Gasteiger partial charge in [0.25, 0.3) is 0 Å². The molecule has 1 aromatic rings. The van der Waals surface area contributed by atoms with Crippen molar-refractivity contribution < 1.29 is 9.84 Å². The van der Waals surface area contributed by atoms with Crippen molar-refractivity contribution in [3.63, 3.8) is 0 Å². The summed E-state index contributed by atoms with van der Waals surface area (Å²) in [5.74, 6) is 0. The number of pyridine rings is 1. The molecule has 2 atom stereocenters. The lowest BCUT2D eigenvalue weighted by Gasteiger charge is -2.21. The van der Waals surface area contributed by atoms with E-state index in [4.69, 9.17) is 4.74 Å². The van der Waals surface area contributed by atoms with Gasteiger partial charge in [-0.15, -0.1) is 0 Å². The number of aliphatic hydroxyl groups excluding tert-OH is 1. The van der Waals surface area contributed by atoms with E-state index in [1.165, 1.54) is 0 Å². The van der Waals surface area contributed by atoms with Gasteiger partial charge in [0.15, 0.2) is 0 Å². The molecule has 1 N–H and O–H groups in total. The fourth-order valence-corrected chi connectivity index (χ4v) is 1.64. The molecule has 15 heavy (non-hydrogen) atoms. The lowest BCUT2D eigenvalue weighted by molar-refractivity contribution is -0.0181. The van der Waals surface area contributed by atoms with Crippen LogP contribution in [-0.4, -0.2) is 23.3 Å². The summed E-state index contributed by atoms with van der Waals surface area (Å²) in [4.78, 5) is 4.07. The first-order valence-electron chi connectivity index (χ1n) is 5.31. The number of aliphatic hydroxyl groups is 1. The minimum atomic E-state index is -0.581. The Balaban J connectivity index is 2.77. The van der Waals surface area contributed by atoms with Crippen LogP contribution >= 0.6 is 0 Å². The van der Waals surface area contributed by atoms with Crippen LogP contribution in [0, 0.1) is 6.92 Å². The van der Waals surface area contributed by atoms with Gasteiger partial charge >= 0.3 is 0 Å². The molecule has 84 valence electrons. The molecule has 3 nitrogen and oxygen atoms in total. The fourth-order valence-electron chi connectivity index (χ4n) is 1.64. The van der Waals surface area contributed by atoms with E-state index in [-0.39, 0.29) is 6.10 Å². The van der Waals surface area contributed by atoms with Crippen LogP contribution in [0.15, 0.2) is 18.5 Å². The number of aryl methyl sites for hydroxylation is 1. The van der Waals surface area contributed by atoms with E-state index in [9.17, 15) is 5.11 Å². The maximum atomic E-state index is 10.1. The monoisotopic (exact) mass is 209 g/mol. The molecule has 2 unspecified atom stereocenters. The number of rotatable bonds is 5. The van der Waals surface area contributed by atoms with Gasteiger partial charge in [0.2, 0.25) is 0 Å². The van der Waals surface area contributed by atoms with E-state index >= 15 is 0 Å². The summed E-state index contributed by atoms with van der Waals surface area (Å²) in [5, 5.41) is 10.1. The topological polar surface area (TPSA) is 42.4 Å². The molecule has 0 aromatic carbocycles. The minimum absolute atomic E-state index is 0.140. The molecule has 0 radical (unpaired) electrons. The second-order valence-corrected chi connectivity index (χ2v) is 3.80. The van der Waals surface area contributed by atoms with Gasteiger partial charge in [-0.3, -0.25) is 4.98 Å². The number of hydrogen-bond acceptors (Lipinski definition) is 3. The predicted molar refractivity (Wildman–Crippen MR) is 59.6 cm³/mol. The van der Waals surface area contributed by atoms with Gasteiger partial charge in [-0.1, -0.05) is 19.4 Å². The van der Waals surface area contributed by atoms with Crippen molar-refractivity contribution in [2.24, 2.45) is 0 Å². The predicted octanol–water partition coefficient (Wildman–Crippen LogP) is 2.24. The molecule has 0 amide bonds. The summed E-state index contributed by atoms with van der Waals surface area (Å²) in [5.41, 5.74) is 1.88. The zero-order valence-electron chi connectivity index (χ0n) is 9.60. The minimum Gasteiger partial charge on any atom is -0.386 e. The Hall–Kier alpha value is -0.930. The number of ether oxygens (including phenoxy) is 1. The standard InChI is InChI=1S/C12H19NO2/c1-4-5-11(15-3)12(14)10-6-9(2)7-13-8-10/h6-8,11-12,14H,4-5H2,1-3H3. The van der Waals surface area contributed by atoms with E-state index in [1.807, 2.05) is 13.0 Å². The second kappa shape index (κ2) is 5.83. The van der Waals surface area contributed by atoms with E-state index < -0.39 is 6.10 Å². The molecule has 0 bridgehead atoms. The second-order valence-electron chi connectivity index (χ2n) is 3.80. The van der Waals surface area contributed by atoms with E-state index in [0.717, 1.165) is 24.0 Å². The summed E-state index contributed by atoms with van der Waals surface area (Å²) in [6, 6.07) is 1.94. The molecular formula is C12H19NO2. The third-order valence-electron chi connectivity index (χ3n) is 2.47. The average molecular weight is 209 g/mol. The van der Waals surface area contributed by atoms with Crippen molar-refractivity contribution in [2.75, 3.05) is 7.11 Å². The molecule has 3 heteroatoms. The molecular weight excluding hydrogens is 190 g/mol. The lowest BCUT2D eigenvalue weighted by atomic mass is 10.0. The first-order valence-corrected chi connectivity index (χ1v) is 5.31. The van der Waals surface area contributed by atoms with Gasteiger partial charge in [-0.2, -0.15) is 0 Å². The number of hydrogen-bond donors (Lipinski definition) is 1. The Labute approximate surface area is 91.1 Å². The summed E-state index contributed by atoms with van der Waals surface area (Å²) in [7, 11) is 1.63. The Kier molecular flexibility index (Phi) is 4.72. The Morgan fingerprint density at radius 3 is 2.73 bits per heavy atom. The highest BCUT2D eigenvalue weighted by Crippen LogP contribution is 2.21. The maximum Gasteiger partial charge on any atom is 0.107 e. The van der Waals surface area contributed by atoms with E-state index in [1.54, 1.807) is 19.5 Å². The molecule has 0 aliphatic rings. The van der Waals surface area contributed by atoms with Crippen LogP contribution in [0.25, 0.3) is 0 Å². The highest BCUT2D eigenvalue weighted by Gasteiger charge is 2.19. The molecule has 0 spiro atoms. The zero-order chi connectivity index (χ0) is 11.3. The van der Waals surface area contributed by atoms with Crippen molar-refractivity contribution in [3.8, 4) is 0 Å². The summed E-state index contributed by atoms with van der Waals surface area (Å²) in [6.45, 7) is 4.04. The Bertz CT molecular complexity index is 301. The van der Waals surface area contributed by atoms with Gasteiger partial charge in [0.05, 0.1) is 6.10 Å². The summed E-state index contributed by atoms with van der Waals surface area (Å²) < 4.78 is 5.27. The highest BCUT2D eigenvalue weighted by molar-refractivity contribution is 5.19. The van der Waals surface area contributed by atoms with Crippen molar-refractivity contribution in [3.05, 3.63) is 29.6 Å². The zero-order valence-corrected chi connectivity index (χ0v) is 9.60. The average Bonchev–Trinajstić information content (AvgIpc) is 2.25. The van der Waals surface area contributed by atoms with Crippen LogP contribution in [0.4, 0.5) is 0 Å². The molecule has 0 aliphatic carbocycles. The van der Waals surface area contributed by atoms with Crippen LogP contribution in [0.2, 0.25) is 0 Å². The van der Waals surface area contributed by atoms with Gasteiger partial charge in [-0.05, 0) is 18.9 Å². The third kappa shape index (κ3) is 3.29. The van der Waals surface area contributed by atoms with Crippen molar-refractivity contribution in [1.29, 1.82) is 0 Å². The van der Waals surface area contributed by atoms with Crippen LogP contribution in [-0.2, 0) is 4.74 Å². The Morgan fingerprint density at radius 2 is 2.20 bits per heavy atom. The quantitative estimate of drug-likeness (QED) is 0.808. The van der Waals surface area contributed by atoms with Gasteiger partial charge in [0.1, 0.15) is 6.10 Å². The van der Waals surface area contributed by atoms with Crippen LogP contribution < -0.4 is 0 Å². The lowest BCUT2D eigenvalue weighted by Crippen LogP contribution is -2.20. The maximum absolute atomic E-state index is 10.1. The van der Waals surface area contributed by atoms with Crippen LogP contribution in [0.3, 0.4) is 0 Å². The molecule has 0 saturated carbocycles. The number of methoxy groups -OCH3 is 1. The summed E-state index contributed by atoms with van der Waals surface area (Å²) >= 11 is 0. The first-order chi connectivity index (χ1) is 7.19. The third-order valence-corrected chi connectivity index (χ3v) is 2.47. The van der Waals surface area contributed by atoms with Crippen molar-refractivity contribution in [2.45, 2.75) is 38.9 Å². The molecule has 0 saturated heterocycles. The SMILES string of the molecule is CCCC(OC)C(O)c1cncc(C)c1. The first kappa shape index (κ1) is 12.1. The summed E-state index contributed by atoms with van der Waals surface area (Å²) in [6.07, 6.45) is 4.60. The van der Waals surface area contributed by atoms with Gasteiger partial charge in [0, 0.05) is 25.1 Å².